The van der Waals surface area contributed by atoms with Crippen LogP contribution in [0, 0.1) is 0 Å². The molecular weight excluding hydrogens is 272 g/mol. The first-order valence-corrected chi connectivity index (χ1v) is 7.11. The van der Waals surface area contributed by atoms with Crippen LogP contribution in [0.1, 0.15) is 19.8 Å². The zero-order valence-corrected chi connectivity index (χ0v) is 12.1. The molecule has 0 aromatic heterocycles. The van der Waals surface area contributed by atoms with Crippen LogP contribution in [0.2, 0.25) is 0 Å². The highest BCUT2D eigenvalue weighted by Crippen LogP contribution is 2.29. The van der Waals surface area contributed by atoms with Crippen LogP contribution in [-0.2, 0) is 14.3 Å². The molecule has 1 heterocycles. The third kappa shape index (κ3) is 4.46. The average molecular weight is 292 g/mol. The van der Waals surface area contributed by atoms with E-state index in [9.17, 15) is 9.59 Å². The van der Waals surface area contributed by atoms with E-state index >= 15 is 0 Å². The van der Waals surface area contributed by atoms with Gasteiger partial charge in [-0.3, -0.25) is 9.59 Å². The van der Waals surface area contributed by atoms with Crippen molar-refractivity contribution >= 4 is 17.5 Å². The summed E-state index contributed by atoms with van der Waals surface area (Å²) < 4.78 is 10.7. The maximum absolute atomic E-state index is 11.9. The average Bonchev–Trinajstić information content (AvgIpc) is 2.48. The molecule has 2 rings (SSSR count). The van der Waals surface area contributed by atoms with E-state index in [1.54, 1.807) is 12.1 Å². The molecule has 6 nitrogen and oxygen atoms in total. The van der Waals surface area contributed by atoms with E-state index in [4.69, 9.17) is 9.47 Å². The summed E-state index contributed by atoms with van der Waals surface area (Å²) in [6.07, 6.45) is -0.0265. The summed E-state index contributed by atoms with van der Waals surface area (Å²) in [5.41, 5.74) is 0.635. The molecule has 0 bridgehead atoms. The Morgan fingerprint density at radius 1 is 1.43 bits per heavy atom. The van der Waals surface area contributed by atoms with Gasteiger partial charge in [0.1, 0.15) is 5.75 Å². The molecule has 2 amide bonds. The number of ether oxygens (including phenoxy) is 2. The highest BCUT2D eigenvalue weighted by atomic mass is 16.5. The Bertz CT molecular complexity index is 504. The van der Waals surface area contributed by atoms with Gasteiger partial charge in [0.15, 0.2) is 6.10 Å². The molecule has 0 spiro atoms. The van der Waals surface area contributed by atoms with Crippen molar-refractivity contribution in [3.8, 4) is 5.75 Å². The summed E-state index contributed by atoms with van der Waals surface area (Å²) in [4.78, 5) is 23.7. The molecule has 1 aromatic rings. The van der Waals surface area contributed by atoms with Gasteiger partial charge in [-0.05, 0) is 25.5 Å². The predicted molar refractivity (Wildman–Crippen MR) is 78.2 cm³/mol. The zero-order chi connectivity index (χ0) is 15.1. The normalized spacial score (nSPS) is 16.6. The van der Waals surface area contributed by atoms with Gasteiger partial charge in [0.05, 0.1) is 12.1 Å². The van der Waals surface area contributed by atoms with Gasteiger partial charge >= 0.3 is 0 Å². The highest BCUT2D eigenvalue weighted by Gasteiger charge is 2.29. The summed E-state index contributed by atoms with van der Waals surface area (Å²) in [5.74, 6) is 0.0930. The first-order valence-electron chi connectivity index (χ1n) is 7.11. The van der Waals surface area contributed by atoms with Crippen LogP contribution < -0.4 is 15.4 Å². The van der Waals surface area contributed by atoms with Gasteiger partial charge in [-0.25, -0.2) is 0 Å². The number of hydrogen-bond acceptors (Lipinski definition) is 4. The van der Waals surface area contributed by atoms with E-state index in [0.717, 1.165) is 6.42 Å². The third-order valence-electron chi connectivity index (χ3n) is 3.07. The SMILES string of the molecule is CCOCCCNC(=O)CC1Oc2ccccc2NC1=O. The standard InChI is InChI=1S/C15H20N2O4/c1-2-20-9-5-8-16-14(18)10-13-15(19)17-11-6-3-4-7-12(11)21-13/h3-4,6-7,13H,2,5,8-10H2,1H3,(H,16,18)(H,17,19). The molecule has 6 heteroatoms. The maximum atomic E-state index is 11.9. The van der Waals surface area contributed by atoms with Crippen molar-refractivity contribution in [1.82, 2.24) is 5.32 Å². The molecule has 1 aliphatic rings. The smallest absolute Gasteiger partial charge is 0.266 e. The van der Waals surface area contributed by atoms with Crippen LogP contribution in [0.15, 0.2) is 24.3 Å². The van der Waals surface area contributed by atoms with Gasteiger partial charge in [0.2, 0.25) is 5.91 Å². The number of hydrogen-bond donors (Lipinski definition) is 2. The number of amides is 2. The van der Waals surface area contributed by atoms with Crippen LogP contribution in [-0.4, -0.2) is 37.7 Å². The van der Waals surface area contributed by atoms with Crippen LogP contribution in [0.5, 0.6) is 5.75 Å². The monoisotopic (exact) mass is 292 g/mol. The van der Waals surface area contributed by atoms with Crippen molar-refractivity contribution in [2.24, 2.45) is 0 Å². The number of carbonyl (C=O) groups is 2. The largest absolute Gasteiger partial charge is 0.478 e. The fraction of sp³-hybridized carbons (Fsp3) is 0.467. The minimum atomic E-state index is -0.785. The fourth-order valence-electron chi connectivity index (χ4n) is 2.01. The van der Waals surface area contributed by atoms with E-state index in [2.05, 4.69) is 10.6 Å². The van der Waals surface area contributed by atoms with E-state index < -0.39 is 6.10 Å². The van der Waals surface area contributed by atoms with E-state index in [1.165, 1.54) is 0 Å². The molecule has 0 radical (unpaired) electrons. The third-order valence-corrected chi connectivity index (χ3v) is 3.07. The molecule has 114 valence electrons. The van der Waals surface area contributed by atoms with Crippen molar-refractivity contribution in [2.45, 2.75) is 25.9 Å². The van der Waals surface area contributed by atoms with Crippen molar-refractivity contribution in [3.63, 3.8) is 0 Å². The van der Waals surface area contributed by atoms with Crippen LogP contribution in [0.4, 0.5) is 5.69 Å². The molecule has 1 atom stereocenters. The maximum Gasteiger partial charge on any atom is 0.266 e. The quantitative estimate of drug-likeness (QED) is 0.743. The van der Waals surface area contributed by atoms with E-state index in [-0.39, 0.29) is 18.2 Å². The Balaban J connectivity index is 1.78. The molecular formula is C15H20N2O4. The second-order valence-corrected chi connectivity index (χ2v) is 4.70. The van der Waals surface area contributed by atoms with Gasteiger partial charge in [0, 0.05) is 19.8 Å². The minimum absolute atomic E-state index is 0.00873. The number of nitrogens with one attached hydrogen (secondary N) is 2. The lowest BCUT2D eigenvalue weighted by Gasteiger charge is -2.25. The molecule has 0 fully saturated rings. The molecule has 1 aromatic carbocycles. The first-order chi connectivity index (χ1) is 10.2. The van der Waals surface area contributed by atoms with Crippen molar-refractivity contribution in [2.75, 3.05) is 25.1 Å². The Labute approximate surface area is 123 Å². The fourth-order valence-corrected chi connectivity index (χ4v) is 2.01. The summed E-state index contributed by atoms with van der Waals surface area (Å²) >= 11 is 0. The number of carbonyl (C=O) groups excluding carboxylic acids is 2. The molecule has 0 saturated heterocycles. The second kappa shape index (κ2) is 7.64. The number of fused-ring (bicyclic) bond motifs is 1. The Morgan fingerprint density at radius 2 is 2.24 bits per heavy atom. The number of benzene rings is 1. The lowest BCUT2D eigenvalue weighted by Crippen LogP contribution is -2.41. The molecule has 0 saturated carbocycles. The van der Waals surface area contributed by atoms with Gasteiger partial charge < -0.3 is 20.1 Å². The molecule has 0 aliphatic carbocycles. The summed E-state index contributed by atoms with van der Waals surface area (Å²) in [6, 6.07) is 7.16. The van der Waals surface area contributed by atoms with Crippen molar-refractivity contribution < 1.29 is 19.1 Å². The lowest BCUT2D eigenvalue weighted by molar-refractivity contribution is -0.130. The summed E-state index contributed by atoms with van der Waals surface area (Å²) in [7, 11) is 0. The minimum Gasteiger partial charge on any atom is -0.478 e. The van der Waals surface area contributed by atoms with Crippen LogP contribution in [0.3, 0.4) is 0 Å². The van der Waals surface area contributed by atoms with Crippen LogP contribution >= 0.6 is 0 Å². The highest BCUT2D eigenvalue weighted by molar-refractivity contribution is 5.99. The lowest BCUT2D eigenvalue weighted by atomic mass is 10.1. The number of para-hydroxylation sites is 2. The Kier molecular flexibility index (Phi) is 5.57. The zero-order valence-electron chi connectivity index (χ0n) is 12.1. The second-order valence-electron chi connectivity index (χ2n) is 4.70. The predicted octanol–water partition coefficient (Wildman–Crippen LogP) is 1.32. The van der Waals surface area contributed by atoms with Gasteiger partial charge in [-0.1, -0.05) is 12.1 Å². The number of anilines is 1. The van der Waals surface area contributed by atoms with Crippen molar-refractivity contribution in [3.05, 3.63) is 24.3 Å². The first kappa shape index (κ1) is 15.3. The molecule has 21 heavy (non-hydrogen) atoms. The Hall–Kier alpha value is -2.08. The van der Waals surface area contributed by atoms with Gasteiger partial charge in [0.25, 0.3) is 5.91 Å². The van der Waals surface area contributed by atoms with E-state index in [1.807, 2.05) is 19.1 Å². The molecule has 1 aliphatic heterocycles. The van der Waals surface area contributed by atoms with E-state index in [0.29, 0.717) is 31.2 Å². The van der Waals surface area contributed by atoms with Gasteiger partial charge in [-0.15, -0.1) is 0 Å². The Morgan fingerprint density at radius 3 is 3.05 bits per heavy atom. The van der Waals surface area contributed by atoms with Gasteiger partial charge in [-0.2, -0.15) is 0 Å². The molecule has 2 N–H and O–H groups in total. The topological polar surface area (TPSA) is 76.7 Å². The summed E-state index contributed by atoms with van der Waals surface area (Å²) in [6.45, 7) is 3.74. The molecule has 1 unspecified atom stereocenters. The number of rotatable bonds is 7. The van der Waals surface area contributed by atoms with Crippen LogP contribution in [0.25, 0.3) is 0 Å². The van der Waals surface area contributed by atoms with Crippen molar-refractivity contribution in [1.29, 1.82) is 0 Å². The summed E-state index contributed by atoms with van der Waals surface area (Å²) in [5, 5.41) is 5.49.